The maximum atomic E-state index is 7.32. The minimum atomic E-state index is 1.17. The van der Waals surface area contributed by atoms with Crippen LogP contribution in [0.5, 0.6) is 0 Å². The lowest BCUT2D eigenvalue weighted by molar-refractivity contribution is 1.31. The normalized spacial score (nSPS) is 8.27. The summed E-state index contributed by atoms with van der Waals surface area (Å²) < 4.78 is 0. The molecule has 0 spiro atoms. The van der Waals surface area contributed by atoms with Crippen LogP contribution in [-0.2, 0) is 0 Å². The van der Waals surface area contributed by atoms with Crippen molar-refractivity contribution in [1.82, 2.24) is 9.97 Å². The van der Waals surface area contributed by atoms with Crippen LogP contribution in [0.2, 0.25) is 0 Å². The van der Waals surface area contributed by atoms with Crippen LogP contribution in [-0.4, -0.2) is 9.97 Å². The highest BCUT2D eigenvalue weighted by Crippen LogP contribution is 2.15. The van der Waals surface area contributed by atoms with E-state index in [2.05, 4.69) is 9.97 Å². The Labute approximate surface area is 89.1 Å². The van der Waals surface area contributed by atoms with Crippen LogP contribution in [0.15, 0.2) is 49.1 Å². The lowest BCUT2D eigenvalue weighted by atomic mass is 10.1. The molecule has 15 heavy (non-hydrogen) atoms. The summed E-state index contributed by atoms with van der Waals surface area (Å²) in [5.41, 5.74) is 2.35. The fraction of sp³-hybridized carbons (Fsp3) is 0.0833. The summed E-state index contributed by atoms with van der Waals surface area (Å²) in [6.07, 6.45) is 7.15. The summed E-state index contributed by atoms with van der Waals surface area (Å²) in [4.78, 5) is 7.91. The summed E-state index contributed by atoms with van der Waals surface area (Å²) in [5.74, 6) is 0. The zero-order valence-electron chi connectivity index (χ0n) is 8.46. The summed E-state index contributed by atoms with van der Waals surface area (Å²) in [7, 11) is 0. The van der Waals surface area contributed by atoms with Gasteiger partial charge in [0.1, 0.15) is 0 Å². The lowest BCUT2D eigenvalue weighted by Gasteiger charge is -1.97. The molecule has 2 aromatic rings. The molecule has 0 saturated heterocycles. The summed E-state index contributed by atoms with van der Waals surface area (Å²) >= 11 is 0. The summed E-state index contributed by atoms with van der Waals surface area (Å²) in [6, 6.07) is 9.68. The van der Waals surface area contributed by atoms with Crippen LogP contribution in [0.25, 0.3) is 11.1 Å². The first kappa shape index (κ1) is 10.9. The van der Waals surface area contributed by atoms with E-state index in [9.17, 15) is 0 Å². The van der Waals surface area contributed by atoms with Gasteiger partial charge in [0.15, 0.2) is 0 Å². The second-order valence-corrected chi connectivity index (χ2v) is 2.70. The number of nitriles is 1. The van der Waals surface area contributed by atoms with Gasteiger partial charge in [-0.1, -0.05) is 0 Å². The number of nitrogens with zero attached hydrogens (tertiary/aromatic N) is 3. The van der Waals surface area contributed by atoms with E-state index in [1.165, 1.54) is 18.1 Å². The van der Waals surface area contributed by atoms with Crippen LogP contribution < -0.4 is 0 Å². The van der Waals surface area contributed by atoms with Gasteiger partial charge in [-0.05, 0) is 35.4 Å². The first-order valence-electron chi connectivity index (χ1n) is 4.49. The van der Waals surface area contributed by atoms with Crippen LogP contribution in [0.4, 0.5) is 0 Å². The molecule has 0 radical (unpaired) electrons. The molecule has 0 atom stereocenters. The van der Waals surface area contributed by atoms with Gasteiger partial charge in [-0.25, -0.2) is 0 Å². The average molecular weight is 197 g/mol. The summed E-state index contributed by atoms with van der Waals surface area (Å²) in [5, 5.41) is 7.32. The maximum absolute atomic E-state index is 7.32. The predicted octanol–water partition coefficient (Wildman–Crippen LogP) is 2.67. The zero-order chi connectivity index (χ0) is 10.9. The lowest BCUT2D eigenvalue weighted by Crippen LogP contribution is -1.77. The van der Waals surface area contributed by atoms with E-state index in [0.717, 1.165) is 0 Å². The van der Waals surface area contributed by atoms with Gasteiger partial charge in [0, 0.05) is 31.7 Å². The van der Waals surface area contributed by atoms with E-state index in [1.807, 2.05) is 24.3 Å². The van der Waals surface area contributed by atoms with Crippen LogP contribution in [0.1, 0.15) is 6.92 Å². The average Bonchev–Trinajstić information content (AvgIpc) is 2.32. The Kier molecular flexibility index (Phi) is 4.55. The molecule has 0 unspecified atom stereocenters. The van der Waals surface area contributed by atoms with E-state index < -0.39 is 0 Å². The first-order chi connectivity index (χ1) is 7.38. The Hall–Kier alpha value is -2.21. The van der Waals surface area contributed by atoms with Crippen molar-refractivity contribution in [3.63, 3.8) is 0 Å². The molecule has 0 N–H and O–H groups in total. The third-order valence-corrected chi connectivity index (χ3v) is 1.69. The standard InChI is InChI=1S/C10H8N2.C2H3N/c1-5-11-6-2-9(1)10-3-7-12-8-4-10;1-2-3/h1-8H;1H3. The molecule has 0 aliphatic heterocycles. The van der Waals surface area contributed by atoms with Crippen molar-refractivity contribution in [1.29, 1.82) is 5.26 Å². The quantitative estimate of drug-likeness (QED) is 0.706. The highest BCUT2D eigenvalue weighted by Gasteiger charge is 1.92. The fourth-order valence-electron chi connectivity index (χ4n) is 1.09. The Morgan fingerprint density at radius 1 is 0.867 bits per heavy atom. The molecule has 3 heteroatoms. The van der Waals surface area contributed by atoms with Crippen molar-refractivity contribution >= 4 is 0 Å². The highest BCUT2D eigenvalue weighted by molar-refractivity contribution is 5.61. The minimum Gasteiger partial charge on any atom is -0.265 e. The van der Waals surface area contributed by atoms with Gasteiger partial charge in [0.25, 0.3) is 0 Å². The van der Waals surface area contributed by atoms with Gasteiger partial charge in [-0.2, -0.15) is 5.26 Å². The van der Waals surface area contributed by atoms with Crippen molar-refractivity contribution in [2.45, 2.75) is 6.92 Å². The van der Waals surface area contributed by atoms with Gasteiger partial charge in [-0.3, -0.25) is 9.97 Å². The molecule has 0 aliphatic rings. The smallest absolute Gasteiger partial charge is 0.0587 e. The molecule has 2 rings (SSSR count). The van der Waals surface area contributed by atoms with Crippen LogP contribution >= 0.6 is 0 Å². The first-order valence-corrected chi connectivity index (χ1v) is 4.49. The predicted molar refractivity (Wildman–Crippen MR) is 58.8 cm³/mol. The minimum absolute atomic E-state index is 1.17. The Morgan fingerprint density at radius 3 is 1.40 bits per heavy atom. The molecule has 0 fully saturated rings. The number of hydrogen-bond donors (Lipinski definition) is 0. The largest absolute Gasteiger partial charge is 0.265 e. The summed E-state index contributed by atoms with van der Waals surface area (Å²) in [6.45, 7) is 1.43. The molecular formula is C12H11N3. The Morgan fingerprint density at radius 2 is 1.13 bits per heavy atom. The highest BCUT2D eigenvalue weighted by atomic mass is 14.6. The molecular weight excluding hydrogens is 186 g/mol. The molecule has 2 aromatic heterocycles. The molecule has 74 valence electrons. The molecule has 0 aromatic carbocycles. The second kappa shape index (κ2) is 6.28. The topological polar surface area (TPSA) is 49.6 Å². The van der Waals surface area contributed by atoms with Gasteiger partial charge in [0.2, 0.25) is 0 Å². The van der Waals surface area contributed by atoms with Crippen molar-refractivity contribution in [2.75, 3.05) is 0 Å². The molecule has 3 nitrogen and oxygen atoms in total. The fourth-order valence-corrected chi connectivity index (χ4v) is 1.09. The number of aromatic nitrogens is 2. The second-order valence-electron chi connectivity index (χ2n) is 2.70. The van der Waals surface area contributed by atoms with Crippen LogP contribution in [0, 0.1) is 11.3 Å². The van der Waals surface area contributed by atoms with E-state index in [1.54, 1.807) is 30.9 Å². The van der Waals surface area contributed by atoms with Crippen molar-refractivity contribution in [3.05, 3.63) is 49.1 Å². The third-order valence-electron chi connectivity index (χ3n) is 1.69. The van der Waals surface area contributed by atoms with Crippen molar-refractivity contribution in [3.8, 4) is 17.2 Å². The maximum Gasteiger partial charge on any atom is 0.0587 e. The van der Waals surface area contributed by atoms with E-state index >= 15 is 0 Å². The van der Waals surface area contributed by atoms with E-state index in [0.29, 0.717) is 0 Å². The molecule has 0 amide bonds. The van der Waals surface area contributed by atoms with E-state index in [-0.39, 0.29) is 0 Å². The van der Waals surface area contributed by atoms with Crippen LogP contribution in [0.3, 0.4) is 0 Å². The molecule has 0 aliphatic carbocycles. The Bertz CT molecular complexity index is 380. The van der Waals surface area contributed by atoms with Crippen molar-refractivity contribution < 1.29 is 0 Å². The number of hydrogen-bond acceptors (Lipinski definition) is 3. The van der Waals surface area contributed by atoms with Gasteiger partial charge >= 0.3 is 0 Å². The zero-order valence-corrected chi connectivity index (χ0v) is 8.46. The third kappa shape index (κ3) is 3.57. The number of rotatable bonds is 1. The number of pyridine rings is 2. The molecule has 0 saturated carbocycles. The van der Waals surface area contributed by atoms with Gasteiger partial charge in [-0.15, -0.1) is 0 Å². The van der Waals surface area contributed by atoms with Crippen molar-refractivity contribution in [2.24, 2.45) is 0 Å². The molecule has 0 bridgehead atoms. The Balaban J connectivity index is 0.000000337. The monoisotopic (exact) mass is 197 g/mol. The SMILES string of the molecule is CC#N.c1cc(-c2ccncc2)ccn1. The van der Waals surface area contributed by atoms with Gasteiger partial charge < -0.3 is 0 Å². The van der Waals surface area contributed by atoms with E-state index in [4.69, 9.17) is 5.26 Å². The van der Waals surface area contributed by atoms with Gasteiger partial charge in [0.05, 0.1) is 6.07 Å². The molecule has 2 heterocycles.